The van der Waals surface area contributed by atoms with Crippen molar-refractivity contribution in [3.63, 3.8) is 0 Å². The molecule has 0 aliphatic heterocycles. The Bertz CT molecular complexity index is 464. The van der Waals surface area contributed by atoms with Crippen molar-refractivity contribution in [1.29, 1.82) is 0 Å². The number of hydrogen-bond acceptors (Lipinski definition) is 1. The molecule has 0 atom stereocenters. The van der Waals surface area contributed by atoms with Crippen LogP contribution in [0.15, 0.2) is 42.1 Å². The maximum atomic E-state index is 4.43. The number of nitrogens with zero attached hydrogens (tertiary/aromatic N) is 1. The van der Waals surface area contributed by atoms with Crippen LogP contribution in [0.5, 0.6) is 0 Å². The first kappa shape index (κ1) is 9.91. The van der Waals surface area contributed by atoms with E-state index < -0.39 is 0 Å². The fourth-order valence-electron chi connectivity index (χ4n) is 1.82. The number of hydrogen-bond donors (Lipinski definition) is 0. The van der Waals surface area contributed by atoms with Gasteiger partial charge in [-0.1, -0.05) is 24.8 Å². The van der Waals surface area contributed by atoms with E-state index >= 15 is 0 Å². The van der Waals surface area contributed by atoms with Gasteiger partial charge in [0.15, 0.2) is 0 Å². The van der Waals surface area contributed by atoms with Gasteiger partial charge in [0.2, 0.25) is 0 Å². The molecule has 1 aliphatic carbocycles. The fourth-order valence-corrected chi connectivity index (χ4v) is 1.82. The van der Waals surface area contributed by atoms with Gasteiger partial charge in [-0.2, -0.15) is 0 Å². The summed E-state index contributed by atoms with van der Waals surface area (Å²) in [4.78, 5) is 4.43. The van der Waals surface area contributed by atoms with E-state index in [2.05, 4.69) is 43.6 Å². The lowest BCUT2D eigenvalue weighted by molar-refractivity contribution is 1.03. The van der Waals surface area contributed by atoms with Gasteiger partial charge < -0.3 is 0 Å². The van der Waals surface area contributed by atoms with E-state index in [4.69, 9.17) is 0 Å². The third-order valence-corrected chi connectivity index (χ3v) is 2.91. The summed E-state index contributed by atoms with van der Waals surface area (Å²) in [7, 11) is 0. The largest absolute Gasteiger partial charge is 0.260 e. The van der Waals surface area contributed by atoms with Crippen LogP contribution in [0, 0.1) is 6.92 Å². The van der Waals surface area contributed by atoms with Crippen LogP contribution in [-0.2, 0) is 6.42 Å². The van der Waals surface area contributed by atoms with Crippen molar-refractivity contribution in [1.82, 2.24) is 4.98 Å². The minimum Gasteiger partial charge on any atom is -0.260 e. The Morgan fingerprint density at radius 3 is 3.00 bits per heavy atom. The van der Waals surface area contributed by atoms with Gasteiger partial charge in [0, 0.05) is 12.6 Å². The van der Waals surface area contributed by atoms with Crippen LogP contribution >= 0.6 is 0 Å². The van der Waals surface area contributed by atoms with Crippen molar-refractivity contribution in [3.8, 4) is 0 Å². The summed E-state index contributed by atoms with van der Waals surface area (Å²) in [6.45, 7) is 8.01. The molecule has 0 radical (unpaired) electrons. The van der Waals surface area contributed by atoms with Crippen molar-refractivity contribution in [2.75, 3.05) is 0 Å². The maximum Gasteiger partial charge on any atom is 0.0522 e. The second kappa shape index (κ2) is 3.85. The molecule has 1 heteroatoms. The lowest BCUT2D eigenvalue weighted by atomic mass is 9.93. The van der Waals surface area contributed by atoms with Crippen molar-refractivity contribution >= 4 is 6.08 Å². The molecule has 0 amide bonds. The molecule has 0 N–H and O–H groups in total. The molecule has 0 fully saturated rings. The third-order valence-electron chi connectivity index (χ3n) is 2.91. The summed E-state index contributed by atoms with van der Waals surface area (Å²) in [5.74, 6) is 0. The Hall–Kier alpha value is -1.63. The Kier molecular flexibility index (Phi) is 2.55. The van der Waals surface area contributed by atoms with Crippen molar-refractivity contribution in [2.24, 2.45) is 0 Å². The molecule has 1 heterocycles. The van der Waals surface area contributed by atoms with Gasteiger partial charge in [0.05, 0.1) is 5.69 Å². The first-order valence-corrected chi connectivity index (χ1v) is 5.17. The van der Waals surface area contributed by atoms with E-state index in [0.717, 1.165) is 6.42 Å². The van der Waals surface area contributed by atoms with Gasteiger partial charge in [-0.05, 0) is 42.2 Å². The number of aryl methyl sites for hydroxylation is 1. The summed E-state index contributed by atoms with van der Waals surface area (Å²) in [6, 6.07) is 2.05. The first-order valence-electron chi connectivity index (χ1n) is 5.17. The molecule has 0 aromatic carbocycles. The zero-order chi connectivity index (χ0) is 10.8. The molecule has 15 heavy (non-hydrogen) atoms. The Morgan fingerprint density at radius 1 is 1.47 bits per heavy atom. The van der Waals surface area contributed by atoms with Crippen LogP contribution in [0.25, 0.3) is 6.08 Å². The van der Waals surface area contributed by atoms with Crippen molar-refractivity contribution in [3.05, 3.63) is 59.0 Å². The standard InChI is InChI=1S/C14H15N/c1-4-10(2)12-5-6-13-11(3)7-8-15-14(13)9-12/h4-8H,1,9H2,2-3H3/b12-10-. The van der Waals surface area contributed by atoms with E-state index in [1.165, 1.54) is 28.0 Å². The monoisotopic (exact) mass is 197 g/mol. The Balaban J connectivity index is 2.49. The number of allylic oxidation sites excluding steroid dienone is 4. The van der Waals surface area contributed by atoms with Gasteiger partial charge in [0.1, 0.15) is 0 Å². The van der Waals surface area contributed by atoms with Gasteiger partial charge in [0.25, 0.3) is 0 Å². The lowest BCUT2D eigenvalue weighted by Crippen LogP contribution is -2.03. The van der Waals surface area contributed by atoms with E-state index in [-0.39, 0.29) is 0 Å². The molecular formula is C14H15N. The van der Waals surface area contributed by atoms with Crippen LogP contribution in [0.4, 0.5) is 0 Å². The van der Waals surface area contributed by atoms with Crippen LogP contribution in [0.1, 0.15) is 23.7 Å². The summed E-state index contributed by atoms with van der Waals surface area (Å²) >= 11 is 0. The van der Waals surface area contributed by atoms with E-state index in [0.29, 0.717) is 0 Å². The second-order valence-electron chi connectivity index (χ2n) is 3.91. The number of aromatic nitrogens is 1. The molecule has 1 aromatic heterocycles. The molecule has 1 aliphatic rings. The normalized spacial score (nSPS) is 17.2. The van der Waals surface area contributed by atoms with Crippen molar-refractivity contribution < 1.29 is 0 Å². The number of rotatable bonds is 1. The fraction of sp³-hybridized carbons (Fsp3) is 0.214. The minimum atomic E-state index is 0.922. The summed E-state index contributed by atoms with van der Waals surface area (Å²) in [6.07, 6.45) is 9.04. The summed E-state index contributed by atoms with van der Waals surface area (Å²) in [5, 5.41) is 0. The highest BCUT2D eigenvalue weighted by atomic mass is 14.7. The molecule has 76 valence electrons. The predicted molar refractivity (Wildman–Crippen MR) is 64.6 cm³/mol. The smallest absolute Gasteiger partial charge is 0.0522 e. The van der Waals surface area contributed by atoms with Crippen LogP contribution < -0.4 is 0 Å². The molecule has 0 unspecified atom stereocenters. The molecule has 0 saturated carbocycles. The van der Waals surface area contributed by atoms with Gasteiger partial charge in [-0.25, -0.2) is 0 Å². The highest BCUT2D eigenvalue weighted by Gasteiger charge is 2.11. The molecule has 1 nitrogen and oxygen atoms in total. The zero-order valence-corrected chi connectivity index (χ0v) is 9.25. The van der Waals surface area contributed by atoms with E-state index in [1.54, 1.807) is 0 Å². The van der Waals surface area contributed by atoms with Crippen molar-refractivity contribution in [2.45, 2.75) is 20.3 Å². The Labute approximate surface area is 90.9 Å². The van der Waals surface area contributed by atoms with Gasteiger partial charge >= 0.3 is 0 Å². The van der Waals surface area contributed by atoms with Crippen LogP contribution in [0.3, 0.4) is 0 Å². The number of pyridine rings is 1. The highest BCUT2D eigenvalue weighted by molar-refractivity contribution is 5.63. The maximum absolute atomic E-state index is 4.43. The van der Waals surface area contributed by atoms with Gasteiger partial charge in [-0.3, -0.25) is 4.98 Å². The highest BCUT2D eigenvalue weighted by Crippen LogP contribution is 2.25. The SMILES string of the molecule is C=C/C(C)=C1/C=Cc2c(C)ccnc2C1. The molecule has 0 bridgehead atoms. The molecule has 0 saturated heterocycles. The van der Waals surface area contributed by atoms with Crippen LogP contribution in [-0.4, -0.2) is 4.98 Å². The van der Waals surface area contributed by atoms with E-state index in [1.807, 2.05) is 12.3 Å². The van der Waals surface area contributed by atoms with Crippen LogP contribution in [0.2, 0.25) is 0 Å². The molecular weight excluding hydrogens is 182 g/mol. The minimum absolute atomic E-state index is 0.922. The second-order valence-corrected chi connectivity index (χ2v) is 3.91. The van der Waals surface area contributed by atoms with Gasteiger partial charge in [-0.15, -0.1) is 0 Å². The predicted octanol–water partition coefficient (Wildman–Crippen LogP) is 3.46. The zero-order valence-electron chi connectivity index (χ0n) is 9.25. The summed E-state index contributed by atoms with van der Waals surface area (Å²) < 4.78 is 0. The lowest BCUT2D eigenvalue weighted by Gasteiger charge is -2.15. The Morgan fingerprint density at radius 2 is 2.27 bits per heavy atom. The average molecular weight is 197 g/mol. The average Bonchev–Trinajstić information content (AvgIpc) is 2.28. The van der Waals surface area contributed by atoms with E-state index in [9.17, 15) is 0 Å². The summed E-state index contributed by atoms with van der Waals surface area (Å²) in [5.41, 5.74) is 6.30. The number of fused-ring (bicyclic) bond motifs is 1. The molecule has 2 rings (SSSR count). The topological polar surface area (TPSA) is 12.9 Å². The molecule has 0 spiro atoms. The molecule has 1 aromatic rings. The third kappa shape index (κ3) is 1.78. The quantitative estimate of drug-likeness (QED) is 0.671. The first-order chi connectivity index (χ1) is 7.22.